The number of unbranched alkanes of at least 4 members (excludes halogenated alkanes) is 9. The maximum absolute atomic E-state index is 10.7. The molecule has 0 saturated heterocycles. The Kier molecular flexibility index (Phi) is 14.6. The Morgan fingerprint density at radius 2 is 1.14 bits per heavy atom. The average molecular weight is 335 g/mol. The van der Waals surface area contributed by atoms with E-state index in [0.717, 1.165) is 6.54 Å². The van der Waals surface area contributed by atoms with Crippen LogP contribution in [0.2, 0.25) is 0 Å². The van der Waals surface area contributed by atoms with Gasteiger partial charge in [0.15, 0.2) is 0 Å². The SMILES string of the molecule is CCCCCCCCCCCCN.O=S(=O)(O)C(F)(F)F. The Bertz CT molecular complexity index is 309. The molecule has 0 saturated carbocycles. The maximum atomic E-state index is 10.7. The van der Waals surface area contributed by atoms with Crippen LogP contribution in [0, 0.1) is 0 Å². The van der Waals surface area contributed by atoms with Gasteiger partial charge in [-0.1, -0.05) is 64.7 Å². The Labute approximate surface area is 126 Å². The minimum atomic E-state index is -5.84. The predicted molar refractivity (Wildman–Crippen MR) is 78.5 cm³/mol. The lowest BCUT2D eigenvalue weighted by Crippen LogP contribution is -2.21. The number of halogens is 3. The third-order valence-corrected chi connectivity index (χ3v) is 3.44. The summed E-state index contributed by atoms with van der Waals surface area (Å²) in [5, 5.41) is 0. The Morgan fingerprint density at radius 1 is 0.857 bits per heavy atom. The fourth-order valence-corrected chi connectivity index (χ4v) is 1.63. The van der Waals surface area contributed by atoms with Crippen molar-refractivity contribution in [2.24, 2.45) is 5.73 Å². The van der Waals surface area contributed by atoms with Crippen LogP contribution in [0.15, 0.2) is 0 Å². The van der Waals surface area contributed by atoms with Crippen molar-refractivity contribution < 1.29 is 26.1 Å². The van der Waals surface area contributed by atoms with Crippen molar-refractivity contribution in [3.05, 3.63) is 0 Å². The van der Waals surface area contributed by atoms with Gasteiger partial charge in [-0.2, -0.15) is 21.6 Å². The molecule has 8 heteroatoms. The highest BCUT2D eigenvalue weighted by molar-refractivity contribution is 7.86. The van der Waals surface area contributed by atoms with Gasteiger partial charge in [0, 0.05) is 0 Å². The van der Waals surface area contributed by atoms with Gasteiger partial charge < -0.3 is 5.73 Å². The second-order valence-corrected chi connectivity index (χ2v) is 6.30. The van der Waals surface area contributed by atoms with E-state index in [0.29, 0.717) is 0 Å². The second-order valence-electron chi connectivity index (χ2n) is 4.89. The fraction of sp³-hybridized carbons (Fsp3) is 1.00. The molecule has 0 aliphatic heterocycles. The molecule has 0 aliphatic rings. The molecule has 0 atom stereocenters. The zero-order valence-electron chi connectivity index (χ0n) is 12.7. The largest absolute Gasteiger partial charge is 0.522 e. The number of rotatable bonds is 10. The van der Waals surface area contributed by atoms with Gasteiger partial charge >= 0.3 is 15.6 Å². The normalized spacial score (nSPS) is 11.9. The molecular formula is C13H28F3NO3S. The highest BCUT2D eigenvalue weighted by atomic mass is 32.2. The molecule has 0 amide bonds. The van der Waals surface area contributed by atoms with Crippen molar-refractivity contribution in [3.63, 3.8) is 0 Å². The molecule has 0 fully saturated rings. The molecule has 0 bridgehead atoms. The lowest BCUT2D eigenvalue weighted by molar-refractivity contribution is -0.0510. The molecule has 0 aromatic rings. The number of hydrogen-bond donors (Lipinski definition) is 2. The van der Waals surface area contributed by atoms with Crippen LogP contribution in [-0.2, 0) is 10.1 Å². The summed E-state index contributed by atoms with van der Waals surface area (Å²) in [5.41, 5.74) is -0.110. The minimum Gasteiger partial charge on any atom is -0.330 e. The molecule has 130 valence electrons. The van der Waals surface area contributed by atoms with Gasteiger partial charge in [0.05, 0.1) is 0 Å². The lowest BCUT2D eigenvalue weighted by Gasteiger charge is -2.00. The van der Waals surface area contributed by atoms with Crippen LogP contribution in [0.4, 0.5) is 13.2 Å². The Hall–Kier alpha value is -0.340. The molecule has 21 heavy (non-hydrogen) atoms. The minimum absolute atomic E-state index is 0.872. The number of alkyl halides is 3. The van der Waals surface area contributed by atoms with E-state index in [2.05, 4.69) is 6.92 Å². The summed E-state index contributed by atoms with van der Waals surface area (Å²) in [6.07, 6.45) is 13.9. The first kappa shape index (κ1) is 22.9. The van der Waals surface area contributed by atoms with Crippen molar-refractivity contribution in [1.29, 1.82) is 0 Å². The molecule has 0 radical (unpaired) electrons. The van der Waals surface area contributed by atoms with Crippen LogP contribution in [-0.4, -0.2) is 25.0 Å². The molecule has 0 heterocycles. The molecule has 0 unspecified atom stereocenters. The molecule has 0 aromatic carbocycles. The first-order valence-corrected chi connectivity index (χ1v) is 8.84. The van der Waals surface area contributed by atoms with Gasteiger partial charge in [0.2, 0.25) is 0 Å². The number of hydrogen-bond acceptors (Lipinski definition) is 3. The summed E-state index contributed by atoms with van der Waals surface area (Å²) >= 11 is 0. The standard InChI is InChI=1S/C12H27N.CHF3O3S/c1-2-3-4-5-6-7-8-9-10-11-12-13;2-1(3,4)8(5,6)7/h2-13H2,1H3;(H,5,6,7). The predicted octanol–water partition coefficient (Wildman–Crippen LogP) is 4.26. The highest BCUT2D eigenvalue weighted by Crippen LogP contribution is 2.20. The van der Waals surface area contributed by atoms with E-state index >= 15 is 0 Å². The van der Waals surface area contributed by atoms with Crippen LogP contribution < -0.4 is 5.73 Å². The zero-order valence-corrected chi connectivity index (χ0v) is 13.5. The van der Waals surface area contributed by atoms with Crippen molar-refractivity contribution >= 4 is 10.1 Å². The fourth-order valence-electron chi connectivity index (χ4n) is 1.63. The van der Waals surface area contributed by atoms with Gasteiger partial charge in [-0.25, -0.2) is 0 Å². The van der Waals surface area contributed by atoms with Crippen molar-refractivity contribution in [2.45, 2.75) is 76.6 Å². The summed E-state index contributed by atoms with van der Waals surface area (Å²) in [5.74, 6) is 0. The van der Waals surface area contributed by atoms with Crippen LogP contribution in [0.3, 0.4) is 0 Å². The summed E-state index contributed by atoms with van der Waals surface area (Å²) in [6.45, 7) is 3.14. The van der Waals surface area contributed by atoms with E-state index in [4.69, 9.17) is 18.7 Å². The quantitative estimate of drug-likeness (QED) is 0.355. The van der Waals surface area contributed by atoms with Crippen molar-refractivity contribution in [2.75, 3.05) is 6.54 Å². The summed E-state index contributed by atoms with van der Waals surface area (Å²) in [4.78, 5) is 0. The highest BCUT2D eigenvalue weighted by Gasteiger charge is 2.44. The summed E-state index contributed by atoms with van der Waals surface area (Å²) in [6, 6.07) is 0. The average Bonchev–Trinajstić information content (AvgIpc) is 2.35. The van der Waals surface area contributed by atoms with Crippen molar-refractivity contribution in [1.82, 2.24) is 0 Å². The van der Waals surface area contributed by atoms with Gasteiger partial charge in [-0.15, -0.1) is 0 Å². The van der Waals surface area contributed by atoms with Crippen LogP contribution in [0.5, 0.6) is 0 Å². The van der Waals surface area contributed by atoms with Gasteiger partial charge in [0.25, 0.3) is 0 Å². The van der Waals surface area contributed by atoms with Crippen LogP contribution in [0.25, 0.3) is 0 Å². The van der Waals surface area contributed by atoms with E-state index in [-0.39, 0.29) is 0 Å². The maximum Gasteiger partial charge on any atom is 0.522 e. The topological polar surface area (TPSA) is 80.4 Å². The van der Waals surface area contributed by atoms with E-state index in [1.165, 1.54) is 64.2 Å². The summed E-state index contributed by atoms with van der Waals surface area (Å²) in [7, 11) is -5.84. The van der Waals surface area contributed by atoms with Gasteiger partial charge in [0.1, 0.15) is 0 Å². The van der Waals surface area contributed by atoms with E-state index in [1.54, 1.807) is 0 Å². The zero-order chi connectivity index (χ0) is 16.8. The third kappa shape index (κ3) is 17.6. The smallest absolute Gasteiger partial charge is 0.330 e. The second kappa shape index (κ2) is 13.3. The van der Waals surface area contributed by atoms with E-state index in [1.807, 2.05) is 0 Å². The van der Waals surface area contributed by atoms with Gasteiger partial charge in [-0.3, -0.25) is 4.55 Å². The first-order valence-electron chi connectivity index (χ1n) is 7.40. The molecule has 3 N–H and O–H groups in total. The monoisotopic (exact) mass is 335 g/mol. The van der Waals surface area contributed by atoms with Crippen molar-refractivity contribution in [3.8, 4) is 0 Å². The van der Waals surface area contributed by atoms with E-state index < -0.39 is 15.6 Å². The Morgan fingerprint density at radius 3 is 1.38 bits per heavy atom. The molecule has 0 rings (SSSR count). The van der Waals surface area contributed by atoms with Crippen LogP contribution in [0.1, 0.15) is 71.1 Å². The molecule has 0 spiro atoms. The molecule has 0 aliphatic carbocycles. The molecule has 4 nitrogen and oxygen atoms in total. The molecule has 0 aromatic heterocycles. The lowest BCUT2D eigenvalue weighted by atomic mass is 10.1. The Balaban J connectivity index is 0. The van der Waals surface area contributed by atoms with Gasteiger partial charge in [-0.05, 0) is 13.0 Å². The summed E-state index contributed by atoms with van der Waals surface area (Å²) < 4.78 is 57.5. The third-order valence-electron chi connectivity index (χ3n) is 2.85. The number of nitrogens with two attached hydrogens (primary N) is 1. The van der Waals surface area contributed by atoms with Crippen LogP contribution >= 0.6 is 0 Å². The van der Waals surface area contributed by atoms with E-state index in [9.17, 15) is 13.2 Å². The molecular weight excluding hydrogens is 307 g/mol. The first-order chi connectivity index (χ1) is 9.66.